The van der Waals surface area contributed by atoms with Crippen LogP contribution in [-0.2, 0) is 16.0 Å². The summed E-state index contributed by atoms with van der Waals surface area (Å²) in [5.74, 6) is 1.18. The first-order chi connectivity index (χ1) is 11.1. The monoisotopic (exact) mass is 333 g/mol. The Kier molecular flexibility index (Phi) is 6.68. The van der Waals surface area contributed by atoms with Crippen molar-refractivity contribution < 1.29 is 14.1 Å². The summed E-state index contributed by atoms with van der Waals surface area (Å²) in [7, 11) is 0. The molecule has 2 N–H and O–H groups in total. The standard InChI is InChI=1S/C16H19N3O3S/c1-12-9-14(19-22-12)18-16(21)11-23-10-15(20)17-8-7-13-5-3-2-4-6-13/h2-6,9H,7-8,10-11H2,1H3,(H,17,20)(H,18,19,21). The number of benzene rings is 1. The lowest BCUT2D eigenvalue weighted by atomic mass is 10.1. The lowest BCUT2D eigenvalue weighted by molar-refractivity contribution is -0.118. The van der Waals surface area contributed by atoms with Crippen molar-refractivity contribution in [2.75, 3.05) is 23.4 Å². The van der Waals surface area contributed by atoms with Gasteiger partial charge in [0, 0.05) is 12.6 Å². The number of thioether (sulfide) groups is 1. The molecule has 2 amide bonds. The average molecular weight is 333 g/mol. The molecule has 0 aliphatic heterocycles. The second-order valence-electron chi connectivity index (χ2n) is 4.95. The summed E-state index contributed by atoms with van der Waals surface area (Å²) < 4.78 is 4.85. The molecule has 23 heavy (non-hydrogen) atoms. The van der Waals surface area contributed by atoms with E-state index in [1.54, 1.807) is 13.0 Å². The zero-order chi connectivity index (χ0) is 16.5. The molecule has 0 aliphatic rings. The topological polar surface area (TPSA) is 84.2 Å². The highest BCUT2D eigenvalue weighted by Gasteiger charge is 2.08. The van der Waals surface area contributed by atoms with Gasteiger partial charge in [-0.25, -0.2) is 0 Å². The molecule has 0 fully saturated rings. The van der Waals surface area contributed by atoms with Crippen molar-refractivity contribution in [3.63, 3.8) is 0 Å². The van der Waals surface area contributed by atoms with Gasteiger partial charge in [0.1, 0.15) is 5.76 Å². The number of hydrogen-bond donors (Lipinski definition) is 2. The first-order valence-electron chi connectivity index (χ1n) is 7.25. The Morgan fingerprint density at radius 3 is 2.61 bits per heavy atom. The van der Waals surface area contributed by atoms with Gasteiger partial charge in [-0.15, -0.1) is 11.8 Å². The molecule has 1 aromatic carbocycles. The Hall–Kier alpha value is -2.28. The summed E-state index contributed by atoms with van der Waals surface area (Å²) in [5.41, 5.74) is 1.18. The van der Waals surface area contributed by atoms with E-state index in [0.29, 0.717) is 18.1 Å². The van der Waals surface area contributed by atoms with Gasteiger partial charge >= 0.3 is 0 Å². The normalized spacial score (nSPS) is 10.3. The predicted octanol–water partition coefficient (Wildman–Crippen LogP) is 2.01. The number of aromatic nitrogens is 1. The lowest BCUT2D eigenvalue weighted by Gasteiger charge is -2.05. The van der Waals surface area contributed by atoms with Crippen molar-refractivity contribution in [3.05, 3.63) is 47.7 Å². The van der Waals surface area contributed by atoms with Gasteiger partial charge in [-0.1, -0.05) is 35.5 Å². The number of aryl methyl sites for hydroxylation is 1. The average Bonchev–Trinajstić information content (AvgIpc) is 2.93. The van der Waals surface area contributed by atoms with Crippen LogP contribution in [0.4, 0.5) is 5.82 Å². The second kappa shape index (κ2) is 8.99. The van der Waals surface area contributed by atoms with E-state index in [1.807, 2.05) is 30.3 Å². The quantitative estimate of drug-likeness (QED) is 0.772. The summed E-state index contributed by atoms with van der Waals surface area (Å²) in [5, 5.41) is 9.12. The minimum atomic E-state index is -0.208. The zero-order valence-electron chi connectivity index (χ0n) is 12.9. The van der Waals surface area contributed by atoms with Gasteiger partial charge in [-0.05, 0) is 18.9 Å². The van der Waals surface area contributed by atoms with Gasteiger partial charge in [0.05, 0.1) is 11.5 Å². The third-order valence-electron chi connectivity index (χ3n) is 2.94. The Morgan fingerprint density at radius 2 is 1.91 bits per heavy atom. The molecule has 7 heteroatoms. The molecule has 0 unspecified atom stereocenters. The van der Waals surface area contributed by atoms with Crippen molar-refractivity contribution in [1.29, 1.82) is 0 Å². The second-order valence-corrected chi connectivity index (χ2v) is 5.93. The van der Waals surface area contributed by atoms with Crippen molar-refractivity contribution in [2.24, 2.45) is 0 Å². The van der Waals surface area contributed by atoms with E-state index in [4.69, 9.17) is 4.52 Å². The third-order valence-corrected chi connectivity index (χ3v) is 3.87. The Morgan fingerprint density at radius 1 is 1.17 bits per heavy atom. The van der Waals surface area contributed by atoms with Crippen LogP contribution in [0.5, 0.6) is 0 Å². The van der Waals surface area contributed by atoms with Gasteiger partial charge in [0.2, 0.25) is 11.8 Å². The van der Waals surface area contributed by atoms with Gasteiger partial charge in [-0.3, -0.25) is 9.59 Å². The van der Waals surface area contributed by atoms with E-state index in [2.05, 4.69) is 15.8 Å². The number of nitrogens with zero attached hydrogens (tertiary/aromatic N) is 1. The minimum Gasteiger partial charge on any atom is -0.360 e. The number of amides is 2. The van der Waals surface area contributed by atoms with Gasteiger partial charge < -0.3 is 15.2 Å². The van der Waals surface area contributed by atoms with Gasteiger partial charge in [0.25, 0.3) is 0 Å². The number of nitrogens with one attached hydrogen (secondary N) is 2. The molecule has 0 saturated carbocycles. The molecule has 0 saturated heterocycles. The highest BCUT2D eigenvalue weighted by molar-refractivity contribution is 8.00. The predicted molar refractivity (Wildman–Crippen MR) is 90.4 cm³/mol. The maximum Gasteiger partial charge on any atom is 0.235 e. The molecule has 2 rings (SSSR count). The summed E-state index contributed by atoms with van der Waals surface area (Å²) in [4.78, 5) is 23.3. The number of carbonyl (C=O) groups excluding carboxylic acids is 2. The maximum absolute atomic E-state index is 11.7. The molecule has 0 bridgehead atoms. The number of rotatable bonds is 8. The highest BCUT2D eigenvalue weighted by atomic mass is 32.2. The van der Waals surface area contributed by atoms with Crippen LogP contribution >= 0.6 is 11.8 Å². The fourth-order valence-corrected chi connectivity index (χ4v) is 2.53. The number of carbonyl (C=O) groups is 2. The smallest absolute Gasteiger partial charge is 0.235 e. The summed E-state index contributed by atoms with van der Waals surface area (Å²) in [6, 6.07) is 11.6. The van der Waals surface area contributed by atoms with E-state index >= 15 is 0 Å². The summed E-state index contributed by atoms with van der Waals surface area (Å²) in [6.07, 6.45) is 0.795. The van der Waals surface area contributed by atoms with Gasteiger partial charge in [-0.2, -0.15) is 0 Å². The maximum atomic E-state index is 11.7. The lowest BCUT2D eigenvalue weighted by Crippen LogP contribution is -2.28. The third kappa shape index (κ3) is 6.56. The van der Waals surface area contributed by atoms with Gasteiger partial charge in [0.15, 0.2) is 5.82 Å². The van der Waals surface area contributed by atoms with Crippen LogP contribution < -0.4 is 10.6 Å². The Bertz CT molecular complexity index is 643. The first-order valence-corrected chi connectivity index (χ1v) is 8.40. The van der Waals surface area contributed by atoms with E-state index in [0.717, 1.165) is 6.42 Å². The van der Waals surface area contributed by atoms with E-state index in [-0.39, 0.29) is 23.3 Å². The molecule has 2 aromatic rings. The van der Waals surface area contributed by atoms with Crippen molar-refractivity contribution in [1.82, 2.24) is 10.5 Å². The summed E-state index contributed by atoms with van der Waals surface area (Å²) >= 11 is 1.26. The Labute approximate surface area is 139 Å². The fourth-order valence-electron chi connectivity index (χ4n) is 1.88. The van der Waals surface area contributed by atoms with E-state index in [1.165, 1.54) is 17.3 Å². The van der Waals surface area contributed by atoms with E-state index in [9.17, 15) is 9.59 Å². The fraction of sp³-hybridized carbons (Fsp3) is 0.312. The summed E-state index contributed by atoms with van der Waals surface area (Å²) in [6.45, 7) is 2.34. The highest BCUT2D eigenvalue weighted by Crippen LogP contribution is 2.08. The molecule has 0 atom stereocenters. The van der Waals surface area contributed by atoms with Crippen LogP contribution in [0.3, 0.4) is 0 Å². The Balaban J connectivity index is 1.56. The molecule has 0 spiro atoms. The molecule has 0 radical (unpaired) electrons. The van der Waals surface area contributed by atoms with Crippen LogP contribution in [-0.4, -0.2) is 35.0 Å². The van der Waals surface area contributed by atoms with Crippen LogP contribution in [0, 0.1) is 6.92 Å². The number of hydrogen-bond acceptors (Lipinski definition) is 5. The molecular weight excluding hydrogens is 314 g/mol. The molecule has 1 heterocycles. The van der Waals surface area contributed by atoms with Crippen LogP contribution in [0.15, 0.2) is 40.9 Å². The SMILES string of the molecule is Cc1cc(NC(=O)CSCC(=O)NCCc2ccccc2)no1. The molecular formula is C16H19N3O3S. The van der Waals surface area contributed by atoms with Crippen LogP contribution in [0.1, 0.15) is 11.3 Å². The van der Waals surface area contributed by atoms with Crippen LogP contribution in [0.25, 0.3) is 0 Å². The molecule has 122 valence electrons. The number of anilines is 1. The van der Waals surface area contributed by atoms with Crippen molar-refractivity contribution in [2.45, 2.75) is 13.3 Å². The largest absolute Gasteiger partial charge is 0.360 e. The molecule has 0 aliphatic carbocycles. The first kappa shape index (κ1) is 17.1. The van der Waals surface area contributed by atoms with E-state index < -0.39 is 0 Å². The van der Waals surface area contributed by atoms with Crippen LogP contribution in [0.2, 0.25) is 0 Å². The minimum absolute atomic E-state index is 0.0731. The molecule has 1 aromatic heterocycles. The van der Waals surface area contributed by atoms with Crippen molar-refractivity contribution >= 4 is 29.4 Å². The molecule has 6 nitrogen and oxygen atoms in total. The zero-order valence-corrected chi connectivity index (χ0v) is 13.7. The van der Waals surface area contributed by atoms with Crippen molar-refractivity contribution in [3.8, 4) is 0 Å².